The largest absolute Gasteiger partial charge is 0.390 e. The minimum absolute atomic E-state index is 0.0570. The van der Waals surface area contributed by atoms with Crippen LogP contribution in [0.2, 0.25) is 10.3 Å². The predicted octanol–water partition coefficient (Wildman–Crippen LogP) is 4.63. The van der Waals surface area contributed by atoms with Crippen LogP contribution in [0.5, 0.6) is 0 Å². The monoisotopic (exact) mass is 505 g/mol. The van der Waals surface area contributed by atoms with E-state index in [-0.39, 0.29) is 44.8 Å². The summed E-state index contributed by atoms with van der Waals surface area (Å²) in [4.78, 5) is 21.3. The first-order valence-electron chi connectivity index (χ1n) is 10.4. The summed E-state index contributed by atoms with van der Waals surface area (Å²) in [7, 11) is 1.66. The second-order valence-electron chi connectivity index (χ2n) is 8.78. The van der Waals surface area contributed by atoms with E-state index in [1.165, 1.54) is 21.4 Å². The molecule has 2 N–H and O–H groups in total. The van der Waals surface area contributed by atoms with E-state index >= 15 is 4.39 Å². The Hall–Kier alpha value is -3.01. The zero-order valence-electron chi connectivity index (χ0n) is 18.1. The number of aliphatic hydroxyl groups is 1. The summed E-state index contributed by atoms with van der Waals surface area (Å²) in [6.45, 7) is 1.72. The molecular formula is C23H19Cl2F2N5O2. The molecule has 1 fully saturated rings. The summed E-state index contributed by atoms with van der Waals surface area (Å²) >= 11 is 12.8. The number of imidazole rings is 2. The predicted molar refractivity (Wildman–Crippen MR) is 124 cm³/mol. The standard InChI is InChI=1S/C23H19Cl2F2N5O2/c1-23(34)8-13(9-23)29-22(33)11-3-4-32-16(5-11)30-19(21(32)25)17-14(6-12(26)7-15(17)27)18-20(24)31(2)10-28-18/h3-7,10,13,34H,8-9H2,1-2H3,(H,29,33). The lowest BCUT2D eigenvalue weighted by Gasteiger charge is -2.41. The fraction of sp³-hybridized carbons (Fsp3) is 0.261. The van der Waals surface area contributed by atoms with Gasteiger partial charge in [0.15, 0.2) is 0 Å². The summed E-state index contributed by atoms with van der Waals surface area (Å²) in [6, 6.07) is 4.84. The molecule has 1 aliphatic carbocycles. The zero-order valence-corrected chi connectivity index (χ0v) is 19.6. The fourth-order valence-corrected chi connectivity index (χ4v) is 4.76. The Morgan fingerprint density at radius 2 is 1.94 bits per heavy atom. The highest BCUT2D eigenvalue weighted by atomic mass is 35.5. The number of aromatic nitrogens is 4. The molecule has 1 saturated carbocycles. The van der Waals surface area contributed by atoms with Crippen LogP contribution in [0.25, 0.3) is 28.2 Å². The first-order valence-corrected chi connectivity index (χ1v) is 11.2. The molecule has 34 heavy (non-hydrogen) atoms. The normalized spacial score (nSPS) is 19.9. The van der Waals surface area contributed by atoms with Gasteiger partial charge in [0.05, 0.1) is 11.9 Å². The minimum atomic E-state index is -0.878. The van der Waals surface area contributed by atoms with Crippen LogP contribution in [0.3, 0.4) is 0 Å². The van der Waals surface area contributed by atoms with E-state index in [1.54, 1.807) is 26.2 Å². The number of nitrogens with zero attached hydrogens (tertiary/aromatic N) is 4. The third-order valence-electron chi connectivity index (χ3n) is 5.95. The van der Waals surface area contributed by atoms with E-state index in [0.717, 1.165) is 12.1 Å². The maximum absolute atomic E-state index is 15.1. The van der Waals surface area contributed by atoms with Crippen molar-refractivity contribution in [3.05, 3.63) is 64.3 Å². The molecular weight excluding hydrogens is 487 g/mol. The van der Waals surface area contributed by atoms with Crippen LogP contribution < -0.4 is 5.32 Å². The Bertz CT molecular complexity index is 1460. The summed E-state index contributed by atoms with van der Waals surface area (Å²) in [5.74, 6) is -2.00. The number of benzene rings is 1. The smallest absolute Gasteiger partial charge is 0.251 e. The Morgan fingerprint density at radius 1 is 1.21 bits per heavy atom. The van der Waals surface area contributed by atoms with Crippen molar-refractivity contribution in [2.75, 3.05) is 0 Å². The number of nitrogens with one attached hydrogen (secondary N) is 1. The number of hydrogen-bond donors (Lipinski definition) is 2. The lowest BCUT2D eigenvalue weighted by Crippen LogP contribution is -2.53. The molecule has 4 aromatic rings. The Kier molecular flexibility index (Phi) is 5.38. The Labute approximate surface area is 203 Å². The van der Waals surface area contributed by atoms with Gasteiger partial charge in [0, 0.05) is 42.0 Å². The Balaban J connectivity index is 1.57. The van der Waals surface area contributed by atoms with Crippen LogP contribution in [-0.4, -0.2) is 41.6 Å². The second-order valence-corrected chi connectivity index (χ2v) is 9.49. The van der Waals surface area contributed by atoms with Crippen molar-refractivity contribution in [3.63, 3.8) is 0 Å². The molecule has 11 heteroatoms. The third kappa shape index (κ3) is 3.83. The number of halogens is 4. The third-order valence-corrected chi connectivity index (χ3v) is 6.76. The number of rotatable bonds is 4. The molecule has 0 radical (unpaired) electrons. The van der Waals surface area contributed by atoms with E-state index in [4.69, 9.17) is 23.2 Å². The van der Waals surface area contributed by atoms with E-state index in [2.05, 4.69) is 15.3 Å². The van der Waals surface area contributed by atoms with Gasteiger partial charge in [-0.3, -0.25) is 9.20 Å². The SMILES string of the molecule is Cn1cnc(-c2cc(F)cc(F)c2-c2nc3cc(C(=O)NC4CC(C)(O)C4)ccn3c2Cl)c1Cl. The summed E-state index contributed by atoms with van der Waals surface area (Å²) < 4.78 is 32.2. The van der Waals surface area contributed by atoms with Crippen LogP contribution in [0, 0.1) is 11.6 Å². The van der Waals surface area contributed by atoms with Crippen LogP contribution in [0.4, 0.5) is 8.78 Å². The average molecular weight is 506 g/mol. The molecule has 0 atom stereocenters. The molecule has 0 saturated heterocycles. The van der Waals surface area contributed by atoms with Gasteiger partial charge in [-0.05, 0) is 38.0 Å². The maximum atomic E-state index is 15.1. The molecule has 176 valence electrons. The first-order chi connectivity index (χ1) is 16.0. The molecule has 0 aliphatic heterocycles. The van der Waals surface area contributed by atoms with E-state index in [9.17, 15) is 14.3 Å². The molecule has 0 unspecified atom stereocenters. The van der Waals surface area contributed by atoms with Gasteiger partial charge in [0.1, 0.15) is 39.0 Å². The fourth-order valence-electron chi connectivity index (χ4n) is 4.28. The van der Waals surface area contributed by atoms with Gasteiger partial charge in [-0.1, -0.05) is 23.2 Å². The second kappa shape index (κ2) is 8.04. The maximum Gasteiger partial charge on any atom is 0.251 e. The van der Waals surface area contributed by atoms with Gasteiger partial charge in [-0.15, -0.1) is 0 Å². The van der Waals surface area contributed by atoms with Gasteiger partial charge < -0.3 is 15.0 Å². The lowest BCUT2D eigenvalue weighted by atomic mass is 9.77. The minimum Gasteiger partial charge on any atom is -0.390 e. The lowest BCUT2D eigenvalue weighted by molar-refractivity contribution is -0.0366. The highest BCUT2D eigenvalue weighted by molar-refractivity contribution is 6.33. The number of aryl methyl sites for hydroxylation is 1. The van der Waals surface area contributed by atoms with Gasteiger partial charge >= 0.3 is 0 Å². The number of amides is 1. The number of hydrogen-bond acceptors (Lipinski definition) is 4. The van der Waals surface area contributed by atoms with Crippen molar-refractivity contribution in [2.24, 2.45) is 7.05 Å². The van der Waals surface area contributed by atoms with Crippen molar-refractivity contribution >= 4 is 34.8 Å². The van der Waals surface area contributed by atoms with Crippen molar-refractivity contribution < 1.29 is 18.7 Å². The molecule has 1 aromatic carbocycles. The van der Waals surface area contributed by atoms with Gasteiger partial charge in [0.25, 0.3) is 5.91 Å². The van der Waals surface area contributed by atoms with Crippen LogP contribution >= 0.6 is 23.2 Å². The summed E-state index contributed by atoms with van der Waals surface area (Å²) in [5.41, 5.74) is 0.156. The highest BCUT2D eigenvalue weighted by Crippen LogP contribution is 2.40. The zero-order chi connectivity index (χ0) is 24.4. The molecule has 1 aliphatic rings. The number of fused-ring (bicyclic) bond motifs is 1. The average Bonchev–Trinajstić information content (AvgIpc) is 3.25. The molecule has 3 heterocycles. The van der Waals surface area contributed by atoms with Gasteiger partial charge in [-0.25, -0.2) is 18.7 Å². The number of carbonyl (C=O) groups excluding carboxylic acids is 1. The van der Waals surface area contributed by atoms with E-state index in [1.807, 2.05) is 0 Å². The summed E-state index contributed by atoms with van der Waals surface area (Å²) in [5, 5.41) is 13.0. The molecule has 7 nitrogen and oxygen atoms in total. The van der Waals surface area contributed by atoms with E-state index in [0.29, 0.717) is 24.1 Å². The molecule has 5 rings (SSSR count). The van der Waals surface area contributed by atoms with Crippen LogP contribution in [-0.2, 0) is 7.05 Å². The topological polar surface area (TPSA) is 84.5 Å². The van der Waals surface area contributed by atoms with Crippen LogP contribution in [0.15, 0.2) is 36.8 Å². The number of pyridine rings is 1. The summed E-state index contributed by atoms with van der Waals surface area (Å²) in [6.07, 6.45) is 3.93. The first kappa shape index (κ1) is 22.8. The molecule has 0 spiro atoms. The molecule has 3 aromatic heterocycles. The van der Waals surface area contributed by atoms with Crippen molar-refractivity contribution in [1.82, 2.24) is 24.3 Å². The van der Waals surface area contributed by atoms with Gasteiger partial charge in [-0.2, -0.15) is 0 Å². The van der Waals surface area contributed by atoms with Crippen LogP contribution in [0.1, 0.15) is 30.1 Å². The molecule has 0 bridgehead atoms. The van der Waals surface area contributed by atoms with Crippen molar-refractivity contribution in [3.8, 4) is 22.5 Å². The van der Waals surface area contributed by atoms with Crippen molar-refractivity contribution in [1.29, 1.82) is 0 Å². The number of carbonyl (C=O) groups is 1. The van der Waals surface area contributed by atoms with Crippen molar-refractivity contribution in [2.45, 2.75) is 31.4 Å². The quantitative estimate of drug-likeness (QED) is 0.423. The van der Waals surface area contributed by atoms with Gasteiger partial charge in [0.2, 0.25) is 0 Å². The Morgan fingerprint density at radius 3 is 2.59 bits per heavy atom. The van der Waals surface area contributed by atoms with E-state index < -0.39 is 17.2 Å². The highest BCUT2D eigenvalue weighted by Gasteiger charge is 2.39. The molecule has 1 amide bonds.